The summed E-state index contributed by atoms with van der Waals surface area (Å²) in [5.74, 6) is -0.0282. The minimum Gasteiger partial charge on any atom is -0.304 e. The number of hydrogen-bond acceptors (Lipinski definition) is 3. The minimum atomic E-state index is -0.0282. The van der Waals surface area contributed by atoms with Crippen molar-refractivity contribution in [3.8, 4) is 0 Å². The number of fused-ring (bicyclic) bond motifs is 1. The first-order valence-electron chi connectivity index (χ1n) is 6.98. The number of carbonyl (C=O) groups is 1. The van der Waals surface area contributed by atoms with E-state index in [0.717, 1.165) is 16.3 Å². The van der Waals surface area contributed by atoms with Crippen molar-refractivity contribution in [2.75, 3.05) is 11.4 Å². The van der Waals surface area contributed by atoms with Gasteiger partial charge < -0.3 is 4.90 Å². The number of benzene rings is 1. The lowest BCUT2D eigenvalue weighted by molar-refractivity contribution is 0.0978. The van der Waals surface area contributed by atoms with Crippen molar-refractivity contribution in [2.45, 2.75) is 30.4 Å². The highest BCUT2D eigenvalue weighted by molar-refractivity contribution is 8.00. The lowest BCUT2D eigenvalue weighted by Crippen LogP contribution is -2.44. The van der Waals surface area contributed by atoms with Crippen LogP contribution in [0.3, 0.4) is 0 Å². The van der Waals surface area contributed by atoms with Gasteiger partial charge in [-0.15, -0.1) is 11.8 Å². The second kappa shape index (κ2) is 4.91. The summed E-state index contributed by atoms with van der Waals surface area (Å²) in [6, 6.07) is 9.91. The summed E-state index contributed by atoms with van der Waals surface area (Å²) < 4.78 is 1.73. The second-order valence-electron chi connectivity index (χ2n) is 6.02. The Morgan fingerprint density at radius 2 is 2.05 bits per heavy atom. The van der Waals surface area contributed by atoms with E-state index in [2.05, 4.69) is 25.0 Å². The molecule has 3 rings (SSSR count). The molecule has 0 fully saturated rings. The van der Waals surface area contributed by atoms with Crippen LogP contribution in [0.1, 0.15) is 30.0 Å². The summed E-state index contributed by atoms with van der Waals surface area (Å²) in [6.07, 6.45) is 0. The van der Waals surface area contributed by atoms with E-state index in [1.54, 1.807) is 4.68 Å². The molecule has 1 aliphatic rings. The van der Waals surface area contributed by atoms with Crippen LogP contribution in [0.4, 0.5) is 5.69 Å². The fourth-order valence-corrected chi connectivity index (χ4v) is 3.77. The maximum atomic E-state index is 12.9. The van der Waals surface area contributed by atoms with Gasteiger partial charge in [0.2, 0.25) is 0 Å². The first-order chi connectivity index (χ1) is 9.87. The number of aromatic nitrogens is 2. The van der Waals surface area contributed by atoms with Crippen molar-refractivity contribution in [3.63, 3.8) is 0 Å². The van der Waals surface area contributed by atoms with E-state index in [0.29, 0.717) is 12.2 Å². The maximum Gasteiger partial charge on any atom is 0.278 e. The van der Waals surface area contributed by atoms with Gasteiger partial charge in [0, 0.05) is 28.9 Å². The Bertz CT molecular complexity index is 686. The molecule has 4 nitrogen and oxygen atoms in total. The molecule has 0 aliphatic carbocycles. The van der Waals surface area contributed by atoms with Crippen molar-refractivity contribution in [1.82, 2.24) is 9.78 Å². The van der Waals surface area contributed by atoms with E-state index < -0.39 is 0 Å². The molecule has 1 aromatic heterocycles. The van der Waals surface area contributed by atoms with Crippen LogP contribution >= 0.6 is 11.8 Å². The Hall–Kier alpha value is -1.75. The molecule has 2 aromatic rings. The number of para-hydroxylation sites is 1. The van der Waals surface area contributed by atoms with E-state index in [-0.39, 0.29) is 10.7 Å². The van der Waals surface area contributed by atoms with Crippen LogP contribution in [0.15, 0.2) is 35.2 Å². The highest BCUT2D eigenvalue weighted by atomic mass is 32.2. The normalized spacial score (nSPS) is 16.7. The zero-order chi connectivity index (χ0) is 15.2. The third kappa shape index (κ3) is 2.58. The van der Waals surface area contributed by atoms with Gasteiger partial charge in [0.15, 0.2) is 5.69 Å². The molecule has 1 aromatic carbocycles. The van der Waals surface area contributed by atoms with Crippen molar-refractivity contribution in [2.24, 2.45) is 7.05 Å². The lowest BCUT2D eigenvalue weighted by Gasteiger charge is -2.38. The summed E-state index contributed by atoms with van der Waals surface area (Å²) in [4.78, 5) is 15.9. The fraction of sp³-hybridized carbons (Fsp3) is 0.375. The zero-order valence-corrected chi connectivity index (χ0v) is 13.6. The van der Waals surface area contributed by atoms with Gasteiger partial charge in [0.1, 0.15) is 0 Å². The Balaban J connectivity index is 2.03. The van der Waals surface area contributed by atoms with Gasteiger partial charge in [-0.05, 0) is 39.0 Å². The van der Waals surface area contributed by atoms with Gasteiger partial charge in [-0.3, -0.25) is 9.48 Å². The van der Waals surface area contributed by atoms with Gasteiger partial charge in [0.05, 0.1) is 5.69 Å². The molecule has 0 spiro atoms. The van der Waals surface area contributed by atoms with Gasteiger partial charge >= 0.3 is 0 Å². The van der Waals surface area contributed by atoms with Crippen LogP contribution in [0.5, 0.6) is 0 Å². The molecule has 0 atom stereocenters. The molecule has 5 heteroatoms. The van der Waals surface area contributed by atoms with E-state index in [1.165, 1.54) is 0 Å². The van der Waals surface area contributed by atoms with E-state index in [9.17, 15) is 4.79 Å². The third-order valence-corrected chi connectivity index (χ3v) is 4.91. The third-order valence-electron chi connectivity index (χ3n) is 3.66. The molecule has 21 heavy (non-hydrogen) atoms. The van der Waals surface area contributed by atoms with Crippen molar-refractivity contribution >= 4 is 23.4 Å². The number of amides is 1. The average Bonchev–Trinajstić information content (AvgIpc) is 2.76. The Labute approximate surface area is 129 Å². The second-order valence-corrected chi connectivity index (χ2v) is 7.76. The van der Waals surface area contributed by atoms with Crippen molar-refractivity contribution in [3.05, 3.63) is 41.7 Å². The maximum absolute atomic E-state index is 12.9. The summed E-state index contributed by atoms with van der Waals surface area (Å²) >= 11 is 1.82. The lowest BCUT2D eigenvalue weighted by atomic mass is 10.1. The predicted octanol–water partition coefficient (Wildman–Crippen LogP) is 3.26. The van der Waals surface area contributed by atoms with Crippen LogP contribution in [0.2, 0.25) is 0 Å². The largest absolute Gasteiger partial charge is 0.304 e. The smallest absolute Gasteiger partial charge is 0.278 e. The number of thioether (sulfide) groups is 1. The molecule has 0 saturated carbocycles. The number of carbonyl (C=O) groups excluding carboxylic acids is 1. The minimum absolute atomic E-state index is 0.00611. The van der Waals surface area contributed by atoms with Gasteiger partial charge in [-0.1, -0.05) is 12.1 Å². The van der Waals surface area contributed by atoms with Gasteiger partial charge in [-0.25, -0.2) is 0 Å². The average molecular weight is 301 g/mol. The van der Waals surface area contributed by atoms with Crippen molar-refractivity contribution < 1.29 is 4.79 Å². The van der Waals surface area contributed by atoms with Crippen LogP contribution in [0.25, 0.3) is 0 Å². The predicted molar refractivity (Wildman–Crippen MR) is 86.0 cm³/mol. The molecule has 0 unspecified atom stereocenters. The molecule has 110 valence electrons. The standard InChI is InChI=1S/C16H19N3OS/c1-11-9-12(17-18(11)4)15(20)19-10-16(2,3)21-14-8-6-5-7-13(14)19/h5-9H,10H2,1-4H3. The highest BCUT2D eigenvalue weighted by Gasteiger charge is 2.35. The Morgan fingerprint density at radius 3 is 2.71 bits per heavy atom. The SMILES string of the molecule is Cc1cc(C(=O)N2CC(C)(C)Sc3ccccc32)nn1C. The molecule has 0 bridgehead atoms. The first-order valence-corrected chi connectivity index (χ1v) is 7.79. The molecule has 0 radical (unpaired) electrons. The van der Waals surface area contributed by atoms with Crippen molar-refractivity contribution in [1.29, 1.82) is 0 Å². The quantitative estimate of drug-likeness (QED) is 0.811. The van der Waals surface area contributed by atoms with E-state index in [4.69, 9.17) is 0 Å². The van der Waals surface area contributed by atoms with E-state index in [1.807, 2.05) is 54.9 Å². The van der Waals surface area contributed by atoms with Crippen LogP contribution in [0, 0.1) is 6.92 Å². The molecule has 2 heterocycles. The fourth-order valence-electron chi connectivity index (χ4n) is 2.55. The number of aryl methyl sites for hydroxylation is 2. The number of anilines is 1. The number of nitrogens with zero attached hydrogens (tertiary/aromatic N) is 3. The number of rotatable bonds is 1. The van der Waals surface area contributed by atoms with Gasteiger partial charge in [0.25, 0.3) is 5.91 Å². The molecule has 1 amide bonds. The molecule has 0 saturated heterocycles. The van der Waals surface area contributed by atoms with Crippen LogP contribution < -0.4 is 4.90 Å². The number of hydrogen-bond donors (Lipinski definition) is 0. The summed E-state index contributed by atoms with van der Waals surface area (Å²) in [5, 5.41) is 4.32. The Morgan fingerprint density at radius 1 is 1.33 bits per heavy atom. The topological polar surface area (TPSA) is 38.1 Å². The summed E-state index contributed by atoms with van der Waals surface area (Å²) in [6.45, 7) is 6.96. The highest BCUT2D eigenvalue weighted by Crippen LogP contribution is 2.44. The summed E-state index contributed by atoms with van der Waals surface area (Å²) in [5.41, 5.74) is 2.47. The molecule has 0 N–H and O–H groups in total. The molecular formula is C16H19N3OS. The molecule has 1 aliphatic heterocycles. The zero-order valence-electron chi connectivity index (χ0n) is 12.8. The summed E-state index contributed by atoms with van der Waals surface area (Å²) in [7, 11) is 1.86. The monoisotopic (exact) mass is 301 g/mol. The van der Waals surface area contributed by atoms with Crippen LogP contribution in [-0.4, -0.2) is 27.0 Å². The Kier molecular flexibility index (Phi) is 3.32. The molecular weight excluding hydrogens is 282 g/mol. The van der Waals surface area contributed by atoms with Gasteiger partial charge in [-0.2, -0.15) is 5.10 Å². The van der Waals surface area contributed by atoms with Crippen LogP contribution in [-0.2, 0) is 7.05 Å². The first kappa shape index (κ1) is 14.2. The van der Waals surface area contributed by atoms with E-state index >= 15 is 0 Å².